The van der Waals surface area contributed by atoms with Crippen LogP contribution in [0.15, 0.2) is 48.5 Å². The van der Waals surface area contributed by atoms with Crippen molar-refractivity contribution < 1.29 is 28.5 Å². The third-order valence-electron chi connectivity index (χ3n) is 9.31. The largest absolute Gasteiger partial charge is 0.465 e. The summed E-state index contributed by atoms with van der Waals surface area (Å²) in [4.78, 5) is 28.2. The Bertz CT molecular complexity index is 1110. The number of ether oxygens (including phenoxy) is 4. The third-order valence-corrected chi connectivity index (χ3v) is 9.31. The molecule has 2 saturated heterocycles. The molecule has 2 aromatic rings. The Morgan fingerprint density at radius 1 is 0.694 bits per heavy atom. The maximum Gasteiger partial charge on any atom is 0.315 e. The lowest BCUT2D eigenvalue weighted by molar-refractivity contribution is -0.270. The Hall–Kier alpha value is -2.70. The minimum atomic E-state index is -1.22. The number of benzene rings is 2. The molecule has 0 saturated carbocycles. The molecule has 4 atom stereocenters. The molecule has 0 amide bonds. The minimum Gasteiger partial charge on any atom is -0.465 e. The predicted octanol–water partition coefficient (Wildman–Crippen LogP) is 4.61. The van der Waals surface area contributed by atoms with Gasteiger partial charge in [-0.3, -0.25) is 9.59 Å². The number of esters is 2. The quantitative estimate of drug-likeness (QED) is 0.570. The van der Waals surface area contributed by atoms with E-state index < -0.39 is 22.0 Å². The van der Waals surface area contributed by atoms with Crippen molar-refractivity contribution in [1.82, 2.24) is 0 Å². The number of rotatable bonds is 5. The number of hydrogen-bond acceptors (Lipinski definition) is 6. The van der Waals surface area contributed by atoms with Gasteiger partial charge in [-0.25, -0.2) is 0 Å². The van der Waals surface area contributed by atoms with E-state index in [4.69, 9.17) is 18.9 Å². The fourth-order valence-corrected chi connectivity index (χ4v) is 8.01. The van der Waals surface area contributed by atoms with Gasteiger partial charge in [0.1, 0.15) is 22.0 Å². The lowest BCUT2D eigenvalue weighted by atomic mass is 9.45. The van der Waals surface area contributed by atoms with E-state index in [1.165, 1.54) is 0 Å². The molecular formula is C30H34O6. The SMILES string of the molecule is CCOC(=O)C12CCOC1(C13OCCC1(C(=O)OCC)CCc1ccccc13)c1ccccc1CC2. The summed E-state index contributed by atoms with van der Waals surface area (Å²) < 4.78 is 25.5. The zero-order chi connectivity index (χ0) is 25.0. The number of aryl methyl sites for hydroxylation is 2. The molecule has 0 bridgehead atoms. The molecule has 6 nitrogen and oxygen atoms in total. The predicted molar refractivity (Wildman–Crippen MR) is 132 cm³/mol. The zero-order valence-electron chi connectivity index (χ0n) is 21.1. The summed E-state index contributed by atoms with van der Waals surface area (Å²) in [5.41, 5.74) is -0.270. The third kappa shape index (κ3) is 2.64. The molecule has 4 aliphatic rings. The maximum atomic E-state index is 14.1. The molecule has 0 aromatic heterocycles. The van der Waals surface area contributed by atoms with E-state index in [0.29, 0.717) is 38.9 Å². The first kappa shape index (κ1) is 23.7. The van der Waals surface area contributed by atoms with Crippen LogP contribution in [-0.4, -0.2) is 38.4 Å². The average Bonchev–Trinajstić information content (AvgIpc) is 3.51. The Morgan fingerprint density at radius 3 is 1.53 bits per heavy atom. The fourth-order valence-electron chi connectivity index (χ4n) is 8.01. The van der Waals surface area contributed by atoms with Crippen molar-refractivity contribution in [3.63, 3.8) is 0 Å². The molecule has 2 aliphatic heterocycles. The first-order valence-electron chi connectivity index (χ1n) is 13.3. The lowest BCUT2D eigenvalue weighted by Crippen LogP contribution is -2.70. The standard InChI is InChI=1S/C30H34O6/c1-3-33-25(31)27-15-13-21-9-5-7-11-23(21)29(27,35-19-17-27)30-24-12-8-6-10-22(24)14-16-28(30,18-20-36-30)26(32)34-4-2/h5-12H,3-4,13-20H2,1-2H3. The van der Waals surface area contributed by atoms with Crippen molar-refractivity contribution in [1.29, 1.82) is 0 Å². The zero-order valence-corrected chi connectivity index (χ0v) is 21.1. The van der Waals surface area contributed by atoms with Crippen LogP contribution in [0, 0.1) is 10.8 Å². The Labute approximate surface area is 212 Å². The normalized spacial score (nSPS) is 34.2. The van der Waals surface area contributed by atoms with E-state index in [9.17, 15) is 9.59 Å². The molecule has 0 N–H and O–H groups in total. The van der Waals surface area contributed by atoms with Crippen LogP contribution in [0.5, 0.6) is 0 Å². The molecule has 6 rings (SSSR count). The topological polar surface area (TPSA) is 71.1 Å². The molecule has 2 aromatic carbocycles. The smallest absolute Gasteiger partial charge is 0.315 e. The second-order valence-corrected chi connectivity index (χ2v) is 10.5. The summed E-state index contributed by atoms with van der Waals surface area (Å²) in [6.07, 6.45) is 3.68. The summed E-state index contributed by atoms with van der Waals surface area (Å²) in [6.45, 7) is 5.02. The molecule has 36 heavy (non-hydrogen) atoms. The summed E-state index contributed by atoms with van der Waals surface area (Å²) in [5.74, 6) is -0.523. The van der Waals surface area contributed by atoms with Gasteiger partial charge in [-0.2, -0.15) is 0 Å². The van der Waals surface area contributed by atoms with Crippen molar-refractivity contribution in [2.45, 2.75) is 63.6 Å². The number of hydrogen-bond donors (Lipinski definition) is 0. The highest BCUT2D eigenvalue weighted by atomic mass is 16.6. The van der Waals surface area contributed by atoms with Crippen molar-refractivity contribution in [2.24, 2.45) is 10.8 Å². The van der Waals surface area contributed by atoms with Crippen LogP contribution in [-0.2, 0) is 52.6 Å². The monoisotopic (exact) mass is 490 g/mol. The van der Waals surface area contributed by atoms with Crippen molar-refractivity contribution in [2.75, 3.05) is 26.4 Å². The minimum absolute atomic E-state index is 0.261. The van der Waals surface area contributed by atoms with Gasteiger partial charge in [-0.05, 0) is 74.6 Å². The average molecular weight is 491 g/mol. The van der Waals surface area contributed by atoms with Crippen LogP contribution in [0.3, 0.4) is 0 Å². The highest BCUT2D eigenvalue weighted by molar-refractivity contribution is 5.85. The van der Waals surface area contributed by atoms with Crippen LogP contribution in [0.4, 0.5) is 0 Å². The number of fused-ring (bicyclic) bond motifs is 7. The molecule has 0 spiro atoms. The van der Waals surface area contributed by atoms with Gasteiger partial charge in [-0.15, -0.1) is 0 Å². The van der Waals surface area contributed by atoms with Gasteiger partial charge >= 0.3 is 11.9 Å². The highest BCUT2D eigenvalue weighted by Crippen LogP contribution is 2.74. The van der Waals surface area contributed by atoms with E-state index in [-0.39, 0.29) is 25.2 Å². The second kappa shape index (κ2) is 8.42. The second-order valence-electron chi connectivity index (χ2n) is 10.5. The van der Waals surface area contributed by atoms with Gasteiger partial charge in [0.2, 0.25) is 0 Å². The van der Waals surface area contributed by atoms with Gasteiger partial charge in [0.05, 0.1) is 13.2 Å². The first-order valence-corrected chi connectivity index (χ1v) is 13.3. The number of carbonyl (C=O) groups is 2. The fraction of sp³-hybridized carbons (Fsp3) is 0.533. The Balaban J connectivity index is 1.75. The summed E-state index contributed by atoms with van der Waals surface area (Å²) in [6, 6.07) is 16.4. The van der Waals surface area contributed by atoms with Crippen molar-refractivity contribution in [3.8, 4) is 0 Å². The molecule has 2 aliphatic carbocycles. The van der Waals surface area contributed by atoms with Gasteiger partial charge in [0, 0.05) is 13.2 Å². The van der Waals surface area contributed by atoms with E-state index in [1.807, 2.05) is 38.1 Å². The summed E-state index contributed by atoms with van der Waals surface area (Å²) in [5, 5.41) is 0. The Morgan fingerprint density at radius 2 is 1.11 bits per heavy atom. The first-order chi connectivity index (χ1) is 17.5. The van der Waals surface area contributed by atoms with Gasteiger partial charge in [-0.1, -0.05) is 48.5 Å². The van der Waals surface area contributed by atoms with Crippen molar-refractivity contribution in [3.05, 3.63) is 70.8 Å². The molecule has 0 radical (unpaired) electrons. The van der Waals surface area contributed by atoms with Gasteiger partial charge in [0.15, 0.2) is 0 Å². The van der Waals surface area contributed by atoms with Crippen LogP contribution in [0.2, 0.25) is 0 Å². The van der Waals surface area contributed by atoms with Crippen molar-refractivity contribution >= 4 is 11.9 Å². The van der Waals surface area contributed by atoms with Crippen LogP contribution >= 0.6 is 0 Å². The van der Waals surface area contributed by atoms with Gasteiger partial charge < -0.3 is 18.9 Å². The highest BCUT2D eigenvalue weighted by Gasteiger charge is 2.82. The van der Waals surface area contributed by atoms with E-state index in [0.717, 1.165) is 35.1 Å². The molecular weight excluding hydrogens is 456 g/mol. The van der Waals surface area contributed by atoms with Crippen LogP contribution < -0.4 is 0 Å². The van der Waals surface area contributed by atoms with E-state index in [1.54, 1.807) is 0 Å². The number of carbonyl (C=O) groups excluding carboxylic acids is 2. The van der Waals surface area contributed by atoms with Crippen LogP contribution in [0.1, 0.15) is 61.8 Å². The maximum absolute atomic E-state index is 14.1. The summed E-state index contributed by atoms with van der Waals surface area (Å²) in [7, 11) is 0. The van der Waals surface area contributed by atoms with Crippen LogP contribution in [0.25, 0.3) is 0 Å². The van der Waals surface area contributed by atoms with Gasteiger partial charge in [0.25, 0.3) is 0 Å². The molecule has 190 valence electrons. The molecule has 2 fully saturated rings. The summed E-state index contributed by atoms with van der Waals surface area (Å²) >= 11 is 0. The molecule has 4 unspecified atom stereocenters. The van der Waals surface area contributed by atoms with E-state index in [2.05, 4.69) is 24.3 Å². The lowest BCUT2D eigenvalue weighted by Gasteiger charge is -2.61. The Kier molecular flexibility index (Phi) is 5.54. The molecule has 6 heteroatoms. The van der Waals surface area contributed by atoms with E-state index >= 15 is 0 Å². The molecule has 2 heterocycles.